The van der Waals surface area contributed by atoms with Crippen molar-refractivity contribution < 1.29 is 18.8 Å². The minimum atomic E-state index is -2.49. The standard InChI is InChI=1S/C11H10BNO3/c14-12(13-8-4-1-5-9-13)15-10-6-2-3-7-11(10)16-12/h1-9,14H. The molecule has 16 heavy (non-hydrogen) atoms. The Balaban J connectivity index is 2.01. The fourth-order valence-corrected chi connectivity index (χ4v) is 1.75. The summed E-state index contributed by atoms with van der Waals surface area (Å²) in [6.45, 7) is -2.49. The Morgan fingerprint density at radius 2 is 1.44 bits per heavy atom. The minimum absolute atomic E-state index is 0.557. The molecule has 2 aromatic rings. The van der Waals surface area contributed by atoms with Crippen LogP contribution in [-0.2, 0) is 0 Å². The molecule has 1 aromatic heterocycles. The van der Waals surface area contributed by atoms with E-state index in [0.29, 0.717) is 11.5 Å². The van der Waals surface area contributed by atoms with Crippen LogP contribution in [0.3, 0.4) is 0 Å². The molecule has 0 fully saturated rings. The topological polar surface area (TPSA) is 42.6 Å². The van der Waals surface area contributed by atoms with Crippen molar-refractivity contribution in [2.45, 2.75) is 0 Å². The van der Waals surface area contributed by atoms with E-state index in [1.807, 2.05) is 18.2 Å². The predicted octanol–water partition coefficient (Wildman–Crippen LogP) is 0.721. The summed E-state index contributed by atoms with van der Waals surface area (Å²) in [6, 6.07) is 12.7. The Bertz CT molecular complexity index is 493. The Labute approximate surface area is 92.7 Å². The first-order valence-corrected chi connectivity index (χ1v) is 5.07. The van der Waals surface area contributed by atoms with Gasteiger partial charge in [-0.15, -0.1) is 0 Å². The molecule has 1 aliphatic heterocycles. The summed E-state index contributed by atoms with van der Waals surface area (Å²) in [6.07, 6.45) is 3.40. The van der Waals surface area contributed by atoms with Gasteiger partial charge in [-0.05, 0) is 24.3 Å². The molecule has 1 aliphatic rings. The summed E-state index contributed by atoms with van der Waals surface area (Å²) in [4.78, 5) is 0. The van der Waals surface area contributed by atoms with Crippen LogP contribution in [0.15, 0.2) is 54.9 Å². The summed E-state index contributed by atoms with van der Waals surface area (Å²) in [7, 11) is 0. The molecule has 3 rings (SSSR count). The number of aromatic nitrogens is 1. The number of para-hydroxylation sites is 2. The summed E-state index contributed by atoms with van der Waals surface area (Å²) in [5.74, 6) is 1.11. The third-order valence-corrected chi connectivity index (χ3v) is 2.53. The predicted molar refractivity (Wildman–Crippen MR) is 57.7 cm³/mol. The van der Waals surface area contributed by atoms with Crippen LogP contribution in [0.4, 0.5) is 0 Å². The number of nitrogens with zero attached hydrogens (tertiary/aromatic N) is 1. The first-order chi connectivity index (χ1) is 7.78. The van der Waals surface area contributed by atoms with Gasteiger partial charge in [0.15, 0.2) is 0 Å². The molecule has 0 unspecified atom stereocenters. The molecule has 5 heteroatoms. The highest BCUT2D eigenvalue weighted by Gasteiger charge is 2.50. The Morgan fingerprint density at radius 3 is 2.00 bits per heavy atom. The van der Waals surface area contributed by atoms with Crippen LogP contribution in [-0.4, -0.2) is 11.9 Å². The van der Waals surface area contributed by atoms with Crippen molar-refractivity contribution >= 4 is 6.89 Å². The number of rotatable bonds is 1. The van der Waals surface area contributed by atoms with Crippen molar-refractivity contribution in [3.05, 3.63) is 54.9 Å². The zero-order valence-electron chi connectivity index (χ0n) is 8.48. The molecule has 0 radical (unpaired) electrons. The zero-order valence-corrected chi connectivity index (χ0v) is 8.48. The molecule has 0 aliphatic carbocycles. The Morgan fingerprint density at radius 1 is 0.875 bits per heavy atom. The Kier molecular flexibility index (Phi) is 1.87. The highest BCUT2D eigenvalue weighted by atomic mass is 16.7. The fourth-order valence-electron chi connectivity index (χ4n) is 1.75. The van der Waals surface area contributed by atoms with Crippen molar-refractivity contribution in [2.75, 3.05) is 0 Å². The number of hydrogen-bond acceptors (Lipinski definition) is 3. The van der Waals surface area contributed by atoms with Gasteiger partial charge in [0.05, 0.1) is 0 Å². The maximum absolute atomic E-state index is 10.3. The molecule has 0 saturated heterocycles. The van der Waals surface area contributed by atoms with Gasteiger partial charge in [-0.2, -0.15) is 0 Å². The van der Waals surface area contributed by atoms with E-state index in [1.54, 1.807) is 36.7 Å². The fraction of sp³-hybridized carbons (Fsp3) is 0. The average molecular weight is 215 g/mol. The SMILES string of the molecule is O[B-]1([n+]2ccccc2)Oc2ccccc2O1. The number of fused-ring (bicyclic) bond motifs is 1. The van der Waals surface area contributed by atoms with Gasteiger partial charge in [0.25, 0.3) is 0 Å². The van der Waals surface area contributed by atoms with Gasteiger partial charge in [0, 0.05) is 0 Å². The molecule has 0 amide bonds. The molecule has 0 saturated carbocycles. The highest BCUT2D eigenvalue weighted by Crippen LogP contribution is 2.34. The lowest BCUT2D eigenvalue weighted by Gasteiger charge is -2.20. The van der Waals surface area contributed by atoms with Gasteiger partial charge in [-0.1, -0.05) is 18.2 Å². The quantitative estimate of drug-likeness (QED) is 0.712. The van der Waals surface area contributed by atoms with Crippen LogP contribution in [0.25, 0.3) is 0 Å². The molecular formula is C11H10BNO3. The minimum Gasteiger partial charge on any atom is -0.592 e. The number of hydrogen-bond donors (Lipinski definition) is 1. The first kappa shape index (κ1) is 9.24. The second-order valence-electron chi connectivity index (χ2n) is 3.64. The largest absolute Gasteiger partial charge is 0.816 e. The van der Waals surface area contributed by atoms with Gasteiger partial charge < -0.3 is 18.8 Å². The van der Waals surface area contributed by atoms with Gasteiger partial charge in [-0.25, -0.2) is 0 Å². The molecule has 0 bridgehead atoms. The third-order valence-electron chi connectivity index (χ3n) is 2.53. The van der Waals surface area contributed by atoms with Crippen LogP contribution in [0.1, 0.15) is 0 Å². The van der Waals surface area contributed by atoms with E-state index >= 15 is 0 Å². The summed E-state index contributed by atoms with van der Waals surface area (Å²) >= 11 is 0. The van der Waals surface area contributed by atoms with E-state index in [-0.39, 0.29) is 0 Å². The summed E-state index contributed by atoms with van der Waals surface area (Å²) in [5, 5.41) is 10.3. The van der Waals surface area contributed by atoms with Crippen LogP contribution in [0, 0.1) is 0 Å². The summed E-state index contributed by atoms with van der Waals surface area (Å²) in [5.41, 5.74) is 0. The second-order valence-corrected chi connectivity index (χ2v) is 3.64. The molecule has 80 valence electrons. The molecule has 0 spiro atoms. The lowest BCUT2D eigenvalue weighted by Crippen LogP contribution is -2.71. The van der Waals surface area contributed by atoms with E-state index in [1.165, 1.54) is 4.48 Å². The lowest BCUT2D eigenvalue weighted by molar-refractivity contribution is -0.584. The molecule has 1 aromatic carbocycles. The van der Waals surface area contributed by atoms with Crippen molar-refractivity contribution in [2.24, 2.45) is 0 Å². The smallest absolute Gasteiger partial charge is 0.592 e. The van der Waals surface area contributed by atoms with E-state index in [0.717, 1.165) is 0 Å². The van der Waals surface area contributed by atoms with Crippen molar-refractivity contribution in [3.8, 4) is 11.5 Å². The second kappa shape index (κ2) is 3.25. The molecule has 2 heterocycles. The maximum atomic E-state index is 10.3. The van der Waals surface area contributed by atoms with Gasteiger partial charge in [-0.3, -0.25) is 0 Å². The van der Waals surface area contributed by atoms with Crippen molar-refractivity contribution in [1.82, 2.24) is 0 Å². The zero-order chi connectivity index (χ0) is 11.0. The number of benzene rings is 1. The lowest BCUT2D eigenvalue weighted by atomic mass is 9.98. The van der Waals surface area contributed by atoms with Gasteiger partial charge in [0.2, 0.25) is 0 Å². The van der Waals surface area contributed by atoms with E-state index in [2.05, 4.69) is 0 Å². The average Bonchev–Trinajstić information content (AvgIpc) is 2.68. The molecule has 0 atom stereocenters. The van der Waals surface area contributed by atoms with E-state index < -0.39 is 6.89 Å². The van der Waals surface area contributed by atoms with Crippen molar-refractivity contribution in [1.29, 1.82) is 0 Å². The number of pyridine rings is 1. The maximum Gasteiger partial charge on any atom is 0.816 e. The normalized spacial score (nSPS) is 16.1. The molecular weight excluding hydrogens is 205 g/mol. The molecule has 4 nitrogen and oxygen atoms in total. The van der Waals surface area contributed by atoms with Crippen molar-refractivity contribution in [3.63, 3.8) is 0 Å². The van der Waals surface area contributed by atoms with Crippen LogP contribution < -0.4 is 13.8 Å². The first-order valence-electron chi connectivity index (χ1n) is 5.07. The highest BCUT2D eigenvalue weighted by molar-refractivity contribution is 6.52. The summed E-state index contributed by atoms with van der Waals surface area (Å²) < 4.78 is 12.4. The van der Waals surface area contributed by atoms with Crippen LogP contribution >= 0.6 is 0 Å². The monoisotopic (exact) mass is 215 g/mol. The molecule has 1 N–H and O–H groups in total. The third kappa shape index (κ3) is 1.33. The Hall–Kier alpha value is -2.01. The van der Waals surface area contributed by atoms with Crippen LogP contribution in [0.5, 0.6) is 11.5 Å². The van der Waals surface area contributed by atoms with Gasteiger partial charge >= 0.3 is 6.89 Å². The van der Waals surface area contributed by atoms with Gasteiger partial charge in [0.1, 0.15) is 23.9 Å². The van der Waals surface area contributed by atoms with E-state index in [9.17, 15) is 5.02 Å². The van der Waals surface area contributed by atoms with Crippen LogP contribution in [0.2, 0.25) is 0 Å². The van der Waals surface area contributed by atoms with E-state index in [4.69, 9.17) is 9.31 Å².